The molecule has 0 aliphatic heterocycles. The summed E-state index contributed by atoms with van der Waals surface area (Å²) in [5.41, 5.74) is 5.13. The number of hydrazone groups is 1. The highest BCUT2D eigenvalue weighted by molar-refractivity contribution is 7.92. The fraction of sp³-hybridized carbons (Fsp3) is 0.259. The SMILES string of the molecule is C/C(CC(C)(C)c1ccccc1)=N/NC(=O)CN(c1cccc(Cl)c1C)S(=O)(=O)c1ccccc1. The number of benzene rings is 3. The third-order valence-electron chi connectivity index (χ3n) is 5.75. The zero-order valence-electron chi connectivity index (χ0n) is 20.3. The summed E-state index contributed by atoms with van der Waals surface area (Å²) in [6, 6.07) is 23.0. The van der Waals surface area contributed by atoms with E-state index in [-0.39, 0.29) is 10.3 Å². The third kappa shape index (κ3) is 6.50. The summed E-state index contributed by atoms with van der Waals surface area (Å²) in [6.45, 7) is 7.33. The van der Waals surface area contributed by atoms with Crippen LogP contribution in [-0.4, -0.2) is 26.6 Å². The van der Waals surface area contributed by atoms with Crippen LogP contribution in [0, 0.1) is 6.92 Å². The van der Waals surface area contributed by atoms with Gasteiger partial charge < -0.3 is 0 Å². The van der Waals surface area contributed by atoms with Crippen LogP contribution in [0.3, 0.4) is 0 Å². The Morgan fingerprint density at radius 2 is 1.57 bits per heavy atom. The lowest BCUT2D eigenvalue weighted by Gasteiger charge is -2.26. The molecule has 0 saturated heterocycles. The molecule has 0 unspecified atom stereocenters. The predicted molar refractivity (Wildman–Crippen MR) is 142 cm³/mol. The van der Waals surface area contributed by atoms with E-state index in [1.807, 2.05) is 25.1 Å². The number of nitrogens with one attached hydrogen (secondary N) is 1. The van der Waals surface area contributed by atoms with Crippen molar-refractivity contribution in [1.82, 2.24) is 5.43 Å². The van der Waals surface area contributed by atoms with E-state index in [0.29, 0.717) is 22.7 Å². The van der Waals surface area contributed by atoms with Crippen LogP contribution in [0.1, 0.15) is 38.3 Å². The summed E-state index contributed by atoms with van der Waals surface area (Å²) < 4.78 is 28.0. The van der Waals surface area contributed by atoms with Gasteiger partial charge in [-0.25, -0.2) is 13.8 Å². The summed E-state index contributed by atoms with van der Waals surface area (Å²) in [4.78, 5) is 13.0. The maximum Gasteiger partial charge on any atom is 0.264 e. The first-order valence-corrected chi connectivity index (χ1v) is 13.0. The number of rotatable bonds is 9. The number of hydrogen-bond acceptors (Lipinski definition) is 4. The van der Waals surface area contributed by atoms with E-state index >= 15 is 0 Å². The van der Waals surface area contributed by atoms with Crippen LogP contribution < -0.4 is 9.73 Å². The largest absolute Gasteiger partial charge is 0.271 e. The molecule has 184 valence electrons. The number of nitrogens with zero attached hydrogens (tertiary/aromatic N) is 2. The van der Waals surface area contributed by atoms with Gasteiger partial charge in [0.1, 0.15) is 6.54 Å². The van der Waals surface area contributed by atoms with Crippen molar-refractivity contribution in [2.24, 2.45) is 5.10 Å². The Bertz CT molecular complexity index is 1310. The highest BCUT2D eigenvalue weighted by Gasteiger charge is 2.29. The Balaban J connectivity index is 1.83. The van der Waals surface area contributed by atoms with Gasteiger partial charge in [0.15, 0.2) is 0 Å². The standard InChI is InChI=1S/C27H30ClN3O3S/c1-20(18-27(3,4)22-12-7-5-8-13-22)29-30-26(32)19-31(25-17-11-16-24(28)21(25)2)35(33,34)23-14-9-6-10-15-23/h5-17H,18-19H2,1-4H3,(H,30,32)/b29-20-. The zero-order valence-corrected chi connectivity index (χ0v) is 21.9. The molecular formula is C27H30ClN3O3S. The highest BCUT2D eigenvalue weighted by atomic mass is 35.5. The highest BCUT2D eigenvalue weighted by Crippen LogP contribution is 2.31. The molecule has 0 aliphatic carbocycles. The second kappa shape index (κ2) is 11.1. The molecule has 0 bridgehead atoms. The monoisotopic (exact) mass is 511 g/mol. The van der Waals surface area contributed by atoms with Crippen molar-refractivity contribution in [1.29, 1.82) is 0 Å². The van der Waals surface area contributed by atoms with Crippen LogP contribution in [-0.2, 0) is 20.2 Å². The van der Waals surface area contributed by atoms with Crippen molar-refractivity contribution >= 4 is 38.9 Å². The van der Waals surface area contributed by atoms with Gasteiger partial charge >= 0.3 is 0 Å². The Morgan fingerprint density at radius 3 is 2.20 bits per heavy atom. The summed E-state index contributed by atoms with van der Waals surface area (Å²) in [7, 11) is -4.03. The van der Waals surface area contributed by atoms with Gasteiger partial charge in [-0.3, -0.25) is 9.10 Å². The second-order valence-electron chi connectivity index (χ2n) is 9.02. The van der Waals surface area contributed by atoms with E-state index in [9.17, 15) is 13.2 Å². The molecular weight excluding hydrogens is 482 g/mol. The summed E-state index contributed by atoms with van der Waals surface area (Å²) in [5.74, 6) is -0.555. The molecule has 0 spiro atoms. The van der Waals surface area contributed by atoms with Gasteiger partial charge in [0.2, 0.25) is 0 Å². The fourth-order valence-corrected chi connectivity index (χ4v) is 5.55. The summed E-state index contributed by atoms with van der Waals surface area (Å²) >= 11 is 6.26. The number of carbonyl (C=O) groups excluding carboxylic acids is 1. The van der Waals surface area contributed by atoms with Gasteiger partial charge in [0.25, 0.3) is 15.9 Å². The average molecular weight is 512 g/mol. The molecule has 0 radical (unpaired) electrons. The maximum absolute atomic E-state index is 13.5. The molecule has 0 aliphatic rings. The van der Waals surface area contributed by atoms with Crippen molar-refractivity contribution in [2.45, 2.75) is 44.4 Å². The van der Waals surface area contributed by atoms with Crippen molar-refractivity contribution in [3.05, 3.63) is 95.0 Å². The van der Waals surface area contributed by atoms with Gasteiger partial charge in [0, 0.05) is 10.7 Å². The van der Waals surface area contributed by atoms with Crippen LogP contribution >= 0.6 is 11.6 Å². The Morgan fingerprint density at radius 1 is 0.971 bits per heavy atom. The molecule has 6 nitrogen and oxygen atoms in total. The molecule has 0 saturated carbocycles. The molecule has 0 atom stereocenters. The summed E-state index contributed by atoms with van der Waals surface area (Å²) in [5, 5.41) is 4.66. The van der Waals surface area contributed by atoms with Crippen LogP contribution in [0.15, 0.2) is 88.9 Å². The topological polar surface area (TPSA) is 78.8 Å². The molecule has 8 heteroatoms. The number of anilines is 1. The molecule has 3 aromatic rings. The fourth-order valence-electron chi connectivity index (χ4n) is 3.88. The molecule has 3 rings (SSSR count). The number of amides is 1. The number of halogens is 1. The third-order valence-corrected chi connectivity index (χ3v) is 7.93. The number of hydrogen-bond donors (Lipinski definition) is 1. The lowest BCUT2D eigenvalue weighted by Crippen LogP contribution is -2.40. The van der Waals surface area contributed by atoms with E-state index in [4.69, 9.17) is 11.6 Å². The van der Waals surface area contributed by atoms with Crippen molar-refractivity contribution in [3.63, 3.8) is 0 Å². The molecule has 0 aromatic heterocycles. The van der Waals surface area contributed by atoms with Crippen LogP contribution in [0.25, 0.3) is 0 Å². The van der Waals surface area contributed by atoms with Gasteiger partial charge in [-0.1, -0.05) is 80.0 Å². The number of carbonyl (C=O) groups is 1. The first-order chi connectivity index (χ1) is 16.5. The Hall–Kier alpha value is -3.16. The average Bonchev–Trinajstić information content (AvgIpc) is 2.84. The van der Waals surface area contributed by atoms with Crippen LogP contribution in [0.5, 0.6) is 0 Å². The second-order valence-corrected chi connectivity index (χ2v) is 11.3. The lowest BCUT2D eigenvalue weighted by molar-refractivity contribution is -0.119. The van der Waals surface area contributed by atoms with E-state index in [0.717, 1.165) is 15.6 Å². The van der Waals surface area contributed by atoms with E-state index in [1.165, 1.54) is 12.1 Å². The van der Waals surface area contributed by atoms with Crippen LogP contribution in [0.4, 0.5) is 5.69 Å². The van der Waals surface area contributed by atoms with Crippen molar-refractivity contribution < 1.29 is 13.2 Å². The smallest absolute Gasteiger partial charge is 0.264 e. The predicted octanol–water partition coefficient (Wildman–Crippen LogP) is 5.70. The van der Waals surface area contributed by atoms with Gasteiger partial charge in [-0.2, -0.15) is 5.10 Å². The molecule has 35 heavy (non-hydrogen) atoms. The lowest BCUT2D eigenvalue weighted by atomic mass is 9.80. The molecule has 0 fully saturated rings. The van der Waals surface area contributed by atoms with Gasteiger partial charge in [0.05, 0.1) is 10.6 Å². The Labute approximate surface area is 212 Å². The molecule has 0 heterocycles. The zero-order chi connectivity index (χ0) is 25.6. The van der Waals surface area contributed by atoms with Gasteiger partial charge in [-0.15, -0.1) is 0 Å². The molecule has 1 amide bonds. The quantitative estimate of drug-likeness (QED) is 0.295. The molecule has 1 N–H and O–H groups in total. The normalized spacial score (nSPS) is 12.3. The van der Waals surface area contributed by atoms with Crippen LogP contribution in [0.2, 0.25) is 5.02 Å². The van der Waals surface area contributed by atoms with E-state index in [2.05, 4.69) is 36.5 Å². The minimum atomic E-state index is -4.03. The van der Waals surface area contributed by atoms with E-state index < -0.39 is 22.5 Å². The molecule has 3 aromatic carbocycles. The van der Waals surface area contributed by atoms with Crippen molar-refractivity contribution in [2.75, 3.05) is 10.8 Å². The first kappa shape index (κ1) is 26.4. The summed E-state index contributed by atoms with van der Waals surface area (Å²) in [6.07, 6.45) is 0.622. The van der Waals surface area contributed by atoms with E-state index in [1.54, 1.807) is 43.3 Å². The van der Waals surface area contributed by atoms with Gasteiger partial charge in [-0.05, 0) is 61.1 Å². The van der Waals surface area contributed by atoms with Crippen molar-refractivity contribution in [3.8, 4) is 0 Å². The first-order valence-electron chi connectivity index (χ1n) is 11.2. The Kier molecular flexibility index (Phi) is 8.35. The minimum Gasteiger partial charge on any atom is -0.271 e. The minimum absolute atomic E-state index is 0.0801. The number of sulfonamides is 1. The maximum atomic E-state index is 13.5.